The Hall–Kier alpha value is -1.07. The summed E-state index contributed by atoms with van der Waals surface area (Å²) in [5.74, 6) is -0.252. The van der Waals surface area contributed by atoms with Crippen molar-refractivity contribution in [3.8, 4) is 0 Å². The van der Waals surface area contributed by atoms with E-state index < -0.39 is 0 Å². The zero-order chi connectivity index (χ0) is 10.6. The predicted molar refractivity (Wildman–Crippen MR) is 58.0 cm³/mol. The van der Waals surface area contributed by atoms with E-state index in [0.29, 0.717) is 15.7 Å². The van der Waals surface area contributed by atoms with Gasteiger partial charge in [0.2, 0.25) is 0 Å². The monoisotopic (exact) mass is 258 g/mol. The zero-order valence-corrected chi connectivity index (χ0v) is 9.04. The number of aliphatic hydroxyl groups is 1. The first-order valence-corrected chi connectivity index (χ1v) is 4.88. The van der Waals surface area contributed by atoms with Crippen LogP contribution in [0.15, 0.2) is 22.7 Å². The topological polar surface area (TPSA) is 75.4 Å². The van der Waals surface area contributed by atoms with Crippen molar-refractivity contribution >= 4 is 27.5 Å². The fourth-order valence-electron chi connectivity index (χ4n) is 0.982. The number of anilines is 1. The molecule has 4 N–H and O–H groups in total. The first-order chi connectivity index (χ1) is 6.65. The highest BCUT2D eigenvalue weighted by molar-refractivity contribution is 9.10. The van der Waals surface area contributed by atoms with Crippen molar-refractivity contribution in [1.29, 1.82) is 0 Å². The van der Waals surface area contributed by atoms with Gasteiger partial charge in [0.05, 0.1) is 12.2 Å². The van der Waals surface area contributed by atoms with Crippen LogP contribution in [0.25, 0.3) is 0 Å². The number of halogens is 1. The van der Waals surface area contributed by atoms with E-state index >= 15 is 0 Å². The Morgan fingerprint density at radius 3 is 2.93 bits per heavy atom. The van der Waals surface area contributed by atoms with E-state index in [0.717, 1.165) is 0 Å². The van der Waals surface area contributed by atoms with Gasteiger partial charge in [-0.3, -0.25) is 4.79 Å². The molecule has 0 aliphatic carbocycles. The van der Waals surface area contributed by atoms with E-state index in [-0.39, 0.29) is 19.1 Å². The molecule has 1 aromatic rings. The lowest BCUT2D eigenvalue weighted by atomic mass is 10.2. The van der Waals surface area contributed by atoms with Crippen molar-refractivity contribution in [2.75, 3.05) is 18.9 Å². The Kier molecular flexibility index (Phi) is 3.91. The van der Waals surface area contributed by atoms with E-state index in [9.17, 15) is 4.79 Å². The van der Waals surface area contributed by atoms with Crippen molar-refractivity contribution < 1.29 is 9.90 Å². The molecule has 0 aromatic heterocycles. The van der Waals surface area contributed by atoms with Crippen LogP contribution in [0.2, 0.25) is 0 Å². The van der Waals surface area contributed by atoms with Gasteiger partial charge in [0.25, 0.3) is 5.91 Å². The molecule has 0 unspecified atom stereocenters. The van der Waals surface area contributed by atoms with Gasteiger partial charge in [-0.1, -0.05) is 0 Å². The molecule has 5 heteroatoms. The van der Waals surface area contributed by atoms with Gasteiger partial charge in [0.1, 0.15) is 0 Å². The van der Waals surface area contributed by atoms with E-state index in [1.54, 1.807) is 18.2 Å². The molecule has 1 amide bonds. The lowest BCUT2D eigenvalue weighted by Crippen LogP contribution is -2.26. The van der Waals surface area contributed by atoms with Crippen LogP contribution in [0.3, 0.4) is 0 Å². The summed E-state index contributed by atoms with van der Waals surface area (Å²) in [6.45, 7) is 0.158. The first kappa shape index (κ1) is 11.0. The van der Waals surface area contributed by atoms with Gasteiger partial charge < -0.3 is 16.2 Å². The molecule has 76 valence electrons. The van der Waals surface area contributed by atoms with Gasteiger partial charge >= 0.3 is 0 Å². The molecule has 0 saturated carbocycles. The maximum Gasteiger partial charge on any atom is 0.252 e. The number of hydrogen-bond donors (Lipinski definition) is 3. The maximum atomic E-state index is 11.5. The van der Waals surface area contributed by atoms with Gasteiger partial charge in [-0.2, -0.15) is 0 Å². The van der Waals surface area contributed by atoms with Crippen LogP contribution in [-0.4, -0.2) is 24.2 Å². The zero-order valence-electron chi connectivity index (χ0n) is 7.46. The van der Waals surface area contributed by atoms with Gasteiger partial charge in [0, 0.05) is 16.7 Å². The molecule has 0 spiro atoms. The molecule has 0 heterocycles. The number of benzene rings is 1. The smallest absolute Gasteiger partial charge is 0.252 e. The number of aliphatic hydroxyl groups excluding tert-OH is 1. The minimum absolute atomic E-state index is 0.0777. The molecule has 4 nitrogen and oxygen atoms in total. The Morgan fingerprint density at radius 1 is 1.57 bits per heavy atom. The standard InChI is InChI=1S/C9H11BrN2O2/c10-8-2-1-6(11)5-7(8)9(14)12-3-4-13/h1-2,5,13H,3-4,11H2,(H,12,14). The van der Waals surface area contributed by atoms with Gasteiger partial charge in [-0.05, 0) is 34.1 Å². The molecular weight excluding hydrogens is 248 g/mol. The fraction of sp³-hybridized carbons (Fsp3) is 0.222. The van der Waals surface area contributed by atoms with Crippen LogP contribution in [0.4, 0.5) is 5.69 Å². The summed E-state index contributed by atoms with van der Waals surface area (Å²) in [6.07, 6.45) is 0. The largest absolute Gasteiger partial charge is 0.399 e. The Morgan fingerprint density at radius 2 is 2.29 bits per heavy atom. The number of hydrogen-bond acceptors (Lipinski definition) is 3. The summed E-state index contributed by atoms with van der Waals surface area (Å²) >= 11 is 3.24. The third-order valence-electron chi connectivity index (χ3n) is 1.63. The summed E-state index contributed by atoms with van der Waals surface area (Å²) in [4.78, 5) is 11.5. The molecule has 1 aromatic carbocycles. The molecular formula is C9H11BrN2O2. The summed E-state index contributed by atoms with van der Waals surface area (Å²) in [7, 11) is 0. The summed E-state index contributed by atoms with van der Waals surface area (Å²) in [6, 6.07) is 4.99. The number of amides is 1. The summed E-state index contributed by atoms with van der Waals surface area (Å²) in [5, 5.41) is 11.1. The van der Waals surface area contributed by atoms with Crippen molar-refractivity contribution in [3.63, 3.8) is 0 Å². The summed E-state index contributed by atoms with van der Waals surface area (Å²) < 4.78 is 0.683. The van der Waals surface area contributed by atoms with Crippen molar-refractivity contribution in [3.05, 3.63) is 28.2 Å². The SMILES string of the molecule is Nc1ccc(Br)c(C(=O)NCCO)c1. The average Bonchev–Trinajstić information content (AvgIpc) is 2.18. The second-order valence-electron chi connectivity index (χ2n) is 2.72. The van der Waals surface area contributed by atoms with Crippen LogP contribution < -0.4 is 11.1 Å². The van der Waals surface area contributed by atoms with Crippen LogP contribution >= 0.6 is 15.9 Å². The van der Waals surface area contributed by atoms with E-state index in [1.807, 2.05) is 0 Å². The van der Waals surface area contributed by atoms with Crippen LogP contribution in [0, 0.1) is 0 Å². The Balaban J connectivity index is 2.83. The molecule has 0 aliphatic heterocycles. The number of nitrogens with two attached hydrogens (primary N) is 1. The van der Waals surface area contributed by atoms with Crippen LogP contribution in [0.1, 0.15) is 10.4 Å². The van der Waals surface area contributed by atoms with Gasteiger partial charge in [0.15, 0.2) is 0 Å². The predicted octanol–water partition coefficient (Wildman–Crippen LogP) is 0.753. The molecule has 0 fully saturated rings. The normalized spacial score (nSPS) is 9.86. The van der Waals surface area contributed by atoms with Crippen LogP contribution in [0.5, 0.6) is 0 Å². The number of carbonyl (C=O) groups excluding carboxylic acids is 1. The number of rotatable bonds is 3. The second kappa shape index (κ2) is 4.97. The molecule has 14 heavy (non-hydrogen) atoms. The highest BCUT2D eigenvalue weighted by atomic mass is 79.9. The van der Waals surface area contributed by atoms with Crippen molar-refractivity contribution in [2.24, 2.45) is 0 Å². The minimum Gasteiger partial charge on any atom is -0.399 e. The van der Waals surface area contributed by atoms with Gasteiger partial charge in [-0.25, -0.2) is 0 Å². The third-order valence-corrected chi connectivity index (χ3v) is 2.32. The Bertz CT molecular complexity index is 342. The summed E-state index contributed by atoms with van der Waals surface area (Å²) in [5.41, 5.74) is 6.54. The molecule has 0 aliphatic rings. The van der Waals surface area contributed by atoms with Crippen molar-refractivity contribution in [2.45, 2.75) is 0 Å². The van der Waals surface area contributed by atoms with Crippen molar-refractivity contribution in [1.82, 2.24) is 5.32 Å². The second-order valence-corrected chi connectivity index (χ2v) is 3.57. The highest BCUT2D eigenvalue weighted by Crippen LogP contribution is 2.19. The van der Waals surface area contributed by atoms with E-state index in [4.69, 9.17) is 10.8 Å². The number of nitrogens with one attached hydrogen (secondary N) is 1. The first-order valence-electron chi connectivity index (χ1n) is 4.09. The van der Waals surface area contributed by atoms with Gasteiger partial charge in [-0.15, -0.1) is 0 Å². The van der Waals surface area contributed by atoms with E-state index in [1.165, 1.54) is 0 Å². The molecule has 0 radical (unpaired) electrons. The third kappa shape index (κ3) is 2.71. The number of carbonyl (C=O) groups is 1. The molecule has 0 atom stereocenters. The quantitative estimate of drug-likeness (QED) is 0.701. The minimum atomic E-state index is -0.252. The fourth-order valence-corrected chi connectivity index (χ4v) is 1.41. The number of nitrogen functional groups attached to an aromatic ring is 1. The average molecular weight is 259 g/mol. The maximum absolute atomic E-state index is 11.5. The Labute approximate surface area is 90.2 Å². The highest BCUT2D eigenvalue weighted by Gasteiger charge is 2.08. The van der Waals surface area contributed by atoms with E-state index in [2.05, 4.69) is 21.2 Å². The lowest BCUT2D eigenvalue weighted by molar-refractivity contribution is 0.0944. The molecule has 1 rings (SSSR count). The molecule has 0 saturated heterocycles. The molecule has 0 bridgehead atoms. The lowest BCUT2D eigenvalue weighted by Gasteiger charge is -2.05. The van der Waals surface area contributed by atoms with Crippen LogP contribution in [-0.2, 0) is 0 Å².